The number of aliphatic carboxylic acids is 1. The molecule has 2 heterocycles. The van der Waals surface area contributed by atoms with Crippen molar-refractivity contribution in [1.29, 1.82) is 0 Å². The van der Waals surface area contributed by atoms with Crippen LogP contribution in [0.3, 0.4) is 0 Å². The molecule has 148 valence electrons. The predicted molar refractivity (Wildman–Crippen MR) is 115 cm³/mol. The molecule has 0 amide bonds. The first kappa shape index (κ1) is 18.6. The topological polar surface area (TPSA) is 63.1 Å². The summed E-state index contributed by atoms with van der Waals surface area (Å²) in [6, 6.07) is 18.9. The van der Waals surface area contributed by atoms with Gasteiger partial charge in [0.05, 0.1) is 11.1 Å². The summed E-state index contributed by atoms with van der Waals surface area (Å²) in [7, 11) is 0. The quantitative estimate of drug-likeness (QED) is 0.429. The van der Waals surface area contributed by atoms with Crippen molar-refractivity contribution in [2.75, 3.05) is 0 Å². The largest absolute Gasteiger partial charge is 0.481 e. The summed E-state index contributed by atoms with van der Waals surface area (Å²) in [4.78, 5) is 20.9. The molecule has 6 heteroatoms. The number of fused-ring (bicyclic) bond motifs is 1. The van der Waals surface area contributed by atoms with Gasteiger partial charge in [-0.1, -0.05) is 59.9 Å². The standard InChI is InChI=1S/C24H17FN2O2S/c25-18-14-15(7-11-21(28)29)6-8-17(18)22-26-19-9-10-20(27-23(19)30-22)24(12-13-24)16-4-2-1-3-5-16/h1-6,8-10,12-14H,7,11H2,(H,28,29). The first-order valence-electron chi connectivity index (χ1n) is 9.60. The van der Waals surface area contributed by atoms with Gasteiger partial charge in [0.15, 0.2) is 0 Å². The van der Waals surface area contributed by atoms with Crippen LogP contribution in [0.4, 0.5) is 4.39 Å². The third kappa shape index (κ3) is 3.29. The third-order valence-corrected chi connectivity index (χ3v) is 6.32. The highest BCUT2D eigenvalue weighted by atomic mass is 32.1. The van der Waals surface area contributed by atoms with E-state index in [1.54, 1.807) is 12.1 Å². The molecule has 0 radical (unpaired) electrons. The average molecular weight is 416 g/mol. The van der Waals surface area contributed by atoms with Crippen molar-refractivity contribution in [3.05, 3.63) is 95.5 Å². The van der Waals surface area contributed by atoms with Gasteiger partial charge >= 0.3 is 5.97 Å². The zero-order chi connectivity index (χ0) is 20.7. The second kappa shape index (κ2) is 7.15. The van der Waals surface area contributed by atoms with Crippen molar-refractivity contribution in [1.82, 2.24) is 9.97 Å². The van der Waals surface area contributed by atoms with Gasteiger partial charge in [-0.05, 0) is 41.8 Å². The number of thiazole rings is 1. The molecule has 1 aliphatic rings. The van der Waals surface area contributed by atoms with Crippen molar-refractivity contribution in [3.8, 4) is 10.6 Å². The van der Waals surface area contributed by atoms with Gasteiger partial charge in [0.2, 0.25) is 0 Å². The van der Waals surface area contributed by atoms with Crippen LogP contribution >= 0.6 is 11.3 Å². The van der Waals surface area contributed by atoms with Gasteiger partial charge < -0.3 is 5.11 Å². The molecule has 0 atom stereocenters. The molecule has 0 unspecified atom stereocenters. The zero-order valence-electron chi connectivity index (χ0n) is 15.9. The molecule has 1 aliphatic carbocycles. The molecule has 0 aliphatic heterocycles. The summed E-state index contributed by atoms with van der Waals surface area (Å²) in [5.74, 6) is -1.30. The van der Waals surface area contributed by atoms with Crippen LogP contribution in [0.1, 0.15) is 23.2 Å². The number of nitrogens with zero attached hydrogens (tertiary/aromatic N) is 2. The Bertz CT molecular complexity index is 1290. The summed E-state index contributed by atoms with van der Waals surface area (Å²) >= 11 is 1.36. The van der Waals surface area contributed by atoms with E-state index >= 15 is 0 Å². The van der Waals surface area contributed by atoms with Gasteiger partial charge in [0.1, 0.15) is 21.2 Å². The van der Waals surface area contributed by atoms with Crippen LogP contribution in [0.25, 0.3) is 20.9 Å². The SMILES string of the molecule is O=C(O)CCc1ccc(-c2nc3ccc(C4(c5ccccc5)C=C4)nc3s2)c(F)c1. The molecule has 2 aromatic heterocycles. The molecule has 2 aromatic carbocycles. The third-order valence-electron chi connectivity index (χ3n) is 5.32. The lowest BCUT2D eigenvalue weighted by Gasteiger charge is -2.15. The maximum atomic E-state index is 14.7. The van der Waals surface area contributed by atoms with Crippen molar-refractivity contribution in [2.45, 2.75) is 18.3 Å². The Morgan fingerprint density at radius 3 is 2.53 bits per heavy atom. The number of aromatic nitrogens is 2. The number of allylic oxidation sites excluding steroid dienone is 2. The van der Waals surface area contributed by atoms with E-state index in [9.17, 15) is 9.18 Å². The van der Waals surface area contributed by atoms with Crippen LogP contribution < -0.4 is 0 Å². The lowest BCUT2D eigenvalue weighted by Crippen LogP contribution is -2.12. The van der Waals surface area contributed by atoms with E-state index in [1.807, 2.05) is 30.3 Å². The zero-order valence-corrected chi connectivity index (χ0v) is 16.7. The second-order valence-electron chi connectivity index (χ2n) is 7.32. The fourth-order valence-electron chi connectivity index (χ4n) is 3.61. The number of rotatable bonds is 6. The van der Waals surface area contributed by atoms with E-state index in [-0.39, 0.29) is 11.8 Å². The number of benzene rings is 2. The highest BCUT2D eigenvalue weighted by Crippen LogP contribution is 2.45. The van der Waals surface area contributed by atoms with Crippen LogP contribution in [0.2, 0.25) is 0 Å². The van der Waals surface area contributed by atoms with Crippen LogP contribution in [-0.2, 0) is 16.6 Å². The Morgan fingerprint density at radius 2 is 1.83 bits per heavy atom. The van der Waals surface area contributed by atoms with Gasteiger partial charge in [0.25, 0.3) is 0 Å². The maximum Gasteiger partial charge on any atom is 0.303 e. The number of carboxylic acids is 1. The first-order chi connectivity index (χ1) is 14.5. The summed E-state index contributed by atoms with van der Waals surface area (Å²) < 4.78 is 14.7. The molecule has 5 rings (SSSR count). The second-order valence-corrected chi connectivity index (χ2v) is 8.29. The molecule has 0 spiro atoms. The lowest BCUT2D eigenvalue weighted by molar-refractivity contribution is -0.136. The monoisotopic (exact) mass is 416 g/mol. The fourth-order valence-corrected chi connectivity index (χ4v) is 4.57. The summed E-state index contributed by atoms with van der Waals surface area (Å²) in [6.07, 6.45) is 4.54. The molecule has 4 aromatic rings. The van der Waals surface area contributed by atoms with Gasteiger partial charge in [-0.25, -0.2) is 14.4 Å². The molecule has 0 saturated carbocycles. The summed E-state index contributed by atoms with van der Waals surface area (Å²) in [5.41, 5.74) is 3.63. The molecule has 0 bridgehead atoms. The highest BCUT2D eigenvalue weighted by molar-refractivity contribution is 7.21. The Morgan fingerprint density at radius 1 is 1.03 bits per heavy atom. The normalized spacial score (nSPS) is 14.2. The number of carboxylic acid groups (broad SMARTS) is 1. The fraction of sp³-hybridized carbons (Fsp3) is 0.125. The number of hydrogen-bond acceptors (Lipinski definition) is 4. The Hall–Kier alpha value is -3.38. The van der Waals surface area contributed by atoms with E-state index in [2.05, 4.69) is 29.3 Å². The van der Waals surface area contributed by atoms with Gasteiger partial charge in [-0.15, -0.1) is 0 Å². The van der Waals surface area contributed by atoms with Crippen LogP contribution in [-0.4, -0.2) is 21.0 Å². The van der Waals surface area contributed by atoms with Gasteiger partial charge in [0, 0.05) is 12.0 Å². The van der Waals surface area contributed by atoms with Crippen LogP contribution in [0, 0.1) is 5.82 Å². The Labute approximate surface area is 176 Å². The van der Waals surface area contributed by atoms with Gasteiger partial charge in [-0.3, -0.25) is 4.79 Å². The number of halogens is 1. The van der Waals surface area contributed by atoms with E-state index in [0.717, 1.165) is 16.0 Å². The minimum Gasteiger partial charge on any atom is -0.481 e. The molecule has 0 saturated heterocycles. The number of hydrogen-bond donors (Lipinski definition) is 1. The van der Waals surface area contributed by atoms with E-state index < -0.39 is 11.8 Å². The molecule has 4 nitrogen and oxygen atoms in total. The van der Waals surface area contributed by atoms with Crippen molar-refractivity contribution >= 4 is 27.7 Å². The lowest BCUT2D eigenvalue weighted by atomic mass is 9.89. The minimum atomic E-state index is -0.897. The number of carbonyl (C=O) groups is 1. The van der Waals surface area contributed by atoms with Crippen molar-refractivity contribution < 1.29 is 14.3 Å². The minimum absolute atomic E-state index is 0.0240. The highest BCUT2D eigenvalue weighted by Gasteiger charge is 2.39. The smallest absolute Gasteiger partial charge is 0.303 e. The summed E-state index contributed by atoms with van der Waals surface area (Å²) in [6.45, 7) is 0. The van der Waals surface area contributed by atoms with Crippen molar-refractivity contribution in [3.63, 3.8) is 0 Å². The maximum absolute atomic E-state index is 14.7. The molecule has 0 fully saturated rings. The molecular weight excluding hydrogens is 399 g/mol. The molecule has 30 heavy (non-hydrogen) atoms. The molecular formula is C24H17FN2O2S. The van der Waals surface area contributed by atoms with E-state index in [4.69, 9.17) is 10.1 Å². The van der Waals surface area contributed by atoms with Crippen LogP contribution in [0.15, 0.2) is 72.8 Å². The Balaban J connectivity index is 1.47. The number of aryl methyl sites for hydroxylation is 1. The summed E-state index contributed by atoms with van der Waals surface area (Å²) in [5, 5.41) is 9.36. The van der Waals surface area contributed by atoms with Crippen LogP contribution in [0.5, 0.6) is 0 Å². The van der Waals surface area contributed by atoms with Gasteiger partial charge in [-0.2, -0.15) is 0 Å². The predicted octanol–water partition coefficient (Wildman–Crippen LogP) is 5.37. The van der Waals surface area contributed by atoms with E-state index in [0.29, 0.717) is 22.6 Å². The van der Waals surface area contributed by atoms with E-state index in [1.165, 1.54) is 23.0 Å². The average Bonchev–Trinajstić information content (AvgIpc) is 3.46. The first-order valence-corrected chi connectivity index (χ1v) is 10.4. The molecule has 1 N–H and O–H groups in total. The van der Waals surface area contributed by atoms with Crippen molar-refractivity contribution in [2.24, 2.45) is 0 Å². The number of pyridine rings is 1. The Kier molecular flexibility index (Phi) is 4.44.